The van der Waals surface area contributed by atoms with Crippen LogP contribution in [0.15, 0.2) is 65.1 Å². The number of hydrogen-bond donors (Lipinski definition) is 1. The van der Waals surface area contributed by atoms with Crippen LogP contribution in [0.3, 0.4) is 0 Å². The van der Waals surface area contributed by atoms with Crippen LogP contribution in [0, 0.1) is 17.0 Å². The smallest absolute Gasteiger partial charge is 0.311 e. The fraction of sp³-hybridized carbons (Fsp3) is 0.0556. The van der Waals surface area contributed by atoms with Gasteiger partial charge in [0.05, 0.1) is 10.6 Å². The summed E-state index contributed by atoms with van der Waals surface area (Å²) in [5.74, 6) is 0.220. The van der Waals surface area contributed by atoms with Crippen LogP contribution in [0.2, 0.25) is 0 Å². The van der Waals surface area contributed by atoms with Crippen molar-refractivity contribution < 1.29 is 4.92 Å². The van der Waals surface area contributed by atoms with Crippen LogP contribution in [0.25, 0.3) is 11.3 Å². The van der Waals surface area contributed by atoms with E-state index in [0.29, 0.717) is 5.69 Å². The van der Waals surface area contributed by atoms with Crippen molar-refractivity contribution in [1.82, 2.24) is 4.98 Å². The van der Waals surface area contributed by atoms with Gasteiger partial charge >= 0.3 is 5.69 Å². The summed E-state index contributed by atoms with van der Waals surface area (Å²) in [6.45, 7) is 1.98. The quantitative estimate of drug-likeness (QED) is 0.478. The maximum atomic E-state index is 11.3. The van der Waals surface area contributed by atoms with E-state index in [1.165, 1.54) is 6.07 Å². The van der Waals surface area contributed by atoms with Crippen LogP contribution in [0.5, 0.6) is 0 Å². The predicted molar refractivity (Wildman–Crippen MR) is 98.5 cm³/mol. The van der Waals surface area contributed by atoms with E-state index in [2.05, 4.69) is 26.2 Å². The zero-order chi connectivity index (χ0) is 17.1. The molecule has 120 valence electrons. The van der Waals surface area contributed by atoms with Crippen molar-refractivity contribution in [3.8, 4) is 11.3 Å². The first-order chi connectivity index (χ1) is 11.5. The van der Waals surface area contributed by atoms with E-state index in [4.69, 9.17) is 0 Å². The summed E-state index contributed by atoms with van der Waals surface area (Å²) in [5, 5.41) is 14.3. The van der Waals surface area contributed by atoms with Crippen LogP contribution < -0.4 is 5.32 Å². The molecule has 0 fully saturated rings. The van der Waals surface area contributed by atoms with Crippen molar-refractivity contribution in [3.05, 3.63) is 80.8 Å². The van der Waals surface area contributed by atoms with Gasteiger partial charge in [0.2, 0.25) is 5.82 Å². The van der Waals surface area contributed by atoms with Crippen LogP contribution in [-0.4, -0.2) is 9.91 Å². The van der Waals surface area contributed by atoms with E-state index in [1.807, 2.05) is 55.5 Å². The summed E-state index contributed by atoms with van der Waals surface area (Å²) in [7, 11) is 0. The third kappa shape index (κ3) is 3.44. The normalized spacial score (nSPS) is 10.4. The fourth-order valence-electron chi connectivity index (χ4n) is 2.28. The second-order valence-electron chi connectivity index (χ2n) is 5.29. The number of pyridine rings is 1. The first-order valence-electron chi connectivity index (χ1n) is 7.28. The average molecular weight is 384 g/mol. The van der Waals surface area contributed by atoms with Crippen LogP contribution in [0.1, 0.15) is 5.56 Å². The molecule has 3 aromatic rings. The summed E-state index contributed by atoms with van der Waals surface area (Å²) >= 11 is 3.49. The number of nitro groups is 1. The molecule has 2 aromatic carbocycles. The summed E-state index contributed by atoms with van der Waals surface area (Å²) < 4.78 is 0.882. The molecule has 0 bridgehead atoms. The molecule has 1 aromatic heterocycles. The minimum atomic E-state index is -0.437. The van der Waals surface area contributed by atoms with Crippen molar-refractivity contribution in [3.63, 3.8) is 0 Å². The van der Waals surface area contributed by atoms with E-state index in [-0.39, 0.29) is 11.5 Å². The average Bonchev–Trinajstić information content (AvgIpc) is 2.57. The molecule has 0 aliphatic rings. The Kier molecular flexibility index (Phi) is 4.57. The Hall–Kier alpha value is -2.73. The van der Waals surface area contributed by atoms with Crippen molar-refractivity contribution in [1.29, 1.82) is 0 Å². The van der Waals surface area contributed by atoms with Crippen molar-refractivity contribution in [2.75, 3.05) is 5.32 Å². The number of nitrogens with one attached hydrogen (secondary N) is 1. The third-order valence-corrected chi connectivity index (χ3v) is 4.23. The number of nitrogens with zero attached hydrogens (tertiary/aromatic N) is 2. The molecule has 0 spiro atoms. The Balaban J connectivity index is 2.05. The third-order valence-electron chi connectivity index (χ3n) is 3.53. The first kappa shape index (κ1) is 16.1. The lowest BCUT2D eigenvalue weighted by atomic mass is 10.1. The Morgan fingerprint density at radius 3 is 2.42 bits per heavy atom. The highest BCUT2D eigenvalue weighted by atomic mass is 79.9. The van der Waals surface area contributed by atoms with Gasteiger partial charge in [-0.25, -0.2) is 4.98 Å². The highest BCUT2D eigenvalue weighted by Crippen LogP contribution is 2.32. The molecule has 6 heteroatoms. The van der Waals surface area contributed by atoms with Gasteiger partial charge < -0.3 is 5.32 Å². The first-order valence-corrected chi connectivity index (χ1v) is 8.08. The van der Waals surface area contributed by atoms with Crippen molar-refractivity contribution in [2.24, 2.45) is 0 Å². The molecule has 1 N–H and O–H groups in total. The summed E-state index contributed by atoms with van der Waals surface area (Å²) in [6.07, 6.45) is 0. The summed E-state index contributed by atoms with van der Waals surface area (Å²) in [5.41, 5.74) is 3.33. The molecule has 0 saturated carbocycles. The van der Waals surface area contributed by atoms with Gasteiger partial charge in [0.1, 0.15) is 0 Å². The minimum Gasteiger partial charge on any atom is -0.334 e. The van der Waals surface area contributed by atoms with Gasteiger partial charge in [0, 0.05) is 21.8 Å². The van der Waals surface area contributed by atoms with E-state index in [9.17, 15) is 10.1 Å². The van der Waals surface area contributed by atoms with E-state index < -0.39 is 4.92 Å². The minimum absolute atomic E-state index is 0.0635. The molecule has 0 atom stereocenters. The number of hydrogen-bond acceptors (Lipinski definition) is 4. The molecule has 0 radical (unpaired) electrons. The molecule has 24 heavy (non-hydrogen) atoms. The predicted octanol–water partition coefficient (Wildman–Crippen LogP) is 5.47. The van der Waals surface area contributed by atoms with Gasteiger partial charge in [-0.3, -0.25) is 10.1 Å². The van der Waals surface area contributed by atoms with Crippen LogP contribution in [-0.2, 0) is 0 Å². The van der Waals surface area contributed by atoms with Gasteiger partial charge in [-0.1, -0.05) is 51.8 Å². The molecular weight excluding hydrogens is 370 g/mol. The zero-order valence-corrected chi connectivity index (χ0v) is 14.4. The van der Waals surface area contributed by atoms with E-state index >= 15 is 0 Å². The van der Waals surface area contributed by atoms with Crippen LogP contribution >= 0.6 is 15.9 Å². The van der Waals surface area contributed by atoms with E-state index in [1.54, 1.807) is 6.07 Å². The number of aryl methyl sites for hydroxylation is 1. The van der Waals surface area contributed by atoms with Crippen molar-refractivity contribution >= 4 is 33.1 Å². The topological polar surface area (TPSA) is 68.1 Å². The second-order valence-corrected chi connectivity index (χ2v) is 6.15. The Morgan fingerprint density at radius 2 is 1.75 bits per heavy atom. The molecule has 3 rings (SSSR count). The SMILES string of the molecule is Cc1ccc(Nc2nc(-c3ccccc3Br)ccc2[N+](=O)[O-])cc1. The van der Waals surface area contributed by atoms with Gasteiger partial charge in [-0.2, -0.15) is 0 Å². The van der Waals surface area contributed by atoms with Gasteiger partial charge in [0.15, 0.2) is 0 Å². The monoisotopic (exact) mass is 383 g/mol. The van der Waals surface area contributed by atoms with Gasteiger partial charge in [-0.15, -0.1) is 0 Å². The lowest BCUT2D eigenvalue weighted by molar-refractivity contribution is -0.384. The highest BCUT2D eigenvalue weighted by molar-refractivity contribution is 9.10. The van der Waals surface area contributed by atoms with Gasteiger partial charge in [0.25, 0.3) is 0 Å². The number of rotatable bonds is 4. The highest BCUT2D eigenvalue weighted by Gasteiger charge is 2.17. The number of anilines is 2. The molecule has 5 nitrogen and oxygen atoms in total. The standard InChI is InChI=1S/C18H14BrN3O2/c1-12-6-8-13(9-7-12)20-18-17(22(23)24)11-10-16(21-18)14-4-2-3-5-15(14)19/h2-11H,1H3,(H,20,21). The second kappa shape index (κ2) is 6.80. The van der Waals surface area contributed by atoms with Crippen molar-refractivity contribution in [2.45, 2.75) is 6.92 Å². The summed E-state index contributed by atoms with van der Waals surface area (Å²) in [4.78, 5) is 15.3. The molecule has 0 amide bonds. The molecule has 0 saturated heterocycles. The Bertz CT molecular complexity index is 895. The largest absolute Gasteiger partial charge is 0.334 e. The lowest BCUT2D eigenvalue weighted by Crippen LogP contribution is -2.01. The van der Waals surface area contributed by atoms with Gasteiger partial charge in [-0.05, 0) is 31.2 Å². The lowest BCUT2D eigenvalue weighted by Gasteiger charge is -2.09. The number of aromatic nitrogens is 1. The zero-order valence-electron chi connectivity index (χ0n) is 12.9. The molecule has 0 aliphatic carbocycles. The Morgan fingerprint density at radius 1 is 1.04 bits per heavy atom. The number of halogens is 1. The fourth-order valence-corrected chi connectivity index (χ4v) is 2.77. The van der Waals surface area contributed by atoms with Crippen LogP contribution in [0.4, 0.5) is 17.2 Å². The van der Waals surface area contributed by atoms with E-state index in [0.717, 1.165) is 21.3 Å². The molecule has 0 unspecified atom stereocenters. The molecule has 1 heterocycles. The molecule has 0 aliphatic heterocycles. The Labute approximate surface area is 147 Å². The molecular formula is C18H14BrN3O2. The maximum absolute atomic E-state index is 11.3. The number of benzene rings is 2. The maximum Gasteiger partial charge on any atom is 0.311 e. The summed E-state index contributed by atoms with van der Waals surface area (Å²) in [6, 6.07) is 18.4.